The van der Waals surface area contributed by atoms with Crippen molar-refractivity contribution in [3.05, 3.63) is 23.2 Å². The second kappa shape index (κ2) is 8.25. The zero-order valence-corrected chi connectivity index (χ0v) is 15.2. The van der Waals surface area contributed by atoms with Crippen molar-refractivity contribution in [2.24, 2.45) is 0 Å². The second-order valence-electron chi connectivity index (χ2n) is 6.62. The number of carbonyl (C=O) groups is 1. The Morgan fingerprint density at radius 2 is 2.32 bits per heavy atom. The molecule has 2 saturated heterocycles. The van der Waals surface area contributed by atoms with Crippen molar-refractivity contribution in [1.29, 1.82) is 0 Å². The van der Waals surface area contributed by atoms with Crippen LogP contribution in [-0.4, -0.2) is 44.1 Å². The quantitative estimate of drug-likeness (QED) is 0.833. The molecule has 0 aromatic heterocycles. The molecule has 2 N–H and O–H groups in total. The molecule has 6 nitrogen and oxygen atoms in total. The lowest BCUT2D eigenvalue weighted by Gasteiger charge is -2.37. The molecule has 0 unspecified atom stereocenters. The minimum absolute atomic E-state index is 0.0816. The van der Waals surface area contributed by atoms with Gasteiger partial charge in [0.25, 0.3) is 0 Å². The average Bonchev–Trinajstić information content (AvgIpc) is 3.01. The van der Waals surface area contributed by atoms with E-state index in [-0.39, 0.29) is 17.7 Å². The molecule has 7 heteroatoms. The van der Waals surface area contributed by atoms with Crippen LogP contribution in [0.15, 0.2) is 18.2 Å². The number of rotatable bonds is 5. The second-order valence-corrected chi connectivity index (χ2v) is 7.02. The molecular weight excluding hydrogens is 344 g/mol. The predicted octanol–water partition coefficient (Wildman–Crippen LogP) is 3.59. The number of carbonyl (C=O) groups excluding carboxylic acids is 1. The number of benzene rings is 1. The molecule has 1 aromatic carbocycles. The van der Waals surface area contributed by atoms with Crippen LogP contribution in [0.3, 0.4) is 0 Å². The SMILES string of the molecule is CCCOc1ccc(NC(=O)N[C@H]2CCO[C@]3(CCOC3)C2)cc1Cl. The van der Waals surface area contributed by atoms with Crippen LogP contribution in [0.2, 0.25) is 5.02 Å². The van der Waals surface area contributed by atoms with Crippen molar-refractivity contribution in [1.82, 2.24) is 5.32 Å². The molecule has 2 aliphatic heterocycles. The normalized spacial score (nSPS) is 25.8. The van der Waals surface area contributed by atoms with Gasteiger partial charge in [-0.05, 0) is 37.5 Å². The zero-order chi connectivity index (χ0) is 17.7. The van der Waals surface area contributed by atoms with Gasteiger partial charge in [-0.2, -0.15) is 0 Å². The average molecular weight is 369 g/mol. The fourth-order valence-electron chi connectivity index (χ4n) is 3.27. The van der Waals surface area contributed by atoms with E-state index in [0.717, 1.165) is 32.3 Å². The third-order valence-electron chi connectivity index (χ3n) is 4.55. The molecule has 1 spiro atoms. The molecular formula is C18H25ClN2O4. The van der Waals surface area contributed by atoms with Crippen molar-refractivity contribution < 1.29 is 19.0 Å². The molecule has 0 bridgehead atoms. The van der Waals surface area contributed by atoms with E-state index in [9.17, 15) is 4.79 Å². The predicted molar refractivity (Wildman–Crippen MR) is 96.5 cm³/mol. The van der Waals surface area contributed by atoms with Gasteiger partial charge >= 0.3 is 6.03 Å². The molecule has 0 radical (unpaired) electrons. The summed E-state index contributed by atoms with van der Waals surface area (Å²) in [6.45, 7) is 4.63. The summed E-state index contributed by atoms with van der Waals surface area (Å²) in [5, 5.41) is 6.34. The van der Waals surface area contributed by atoms with Gasteiger partial charge in [0.15, 0.2) is 0 Å². The maximum Gasteiger partial charge on any atom is 0.319 e. The summed E-state index contributed by atoms with van der Waals surface area (Å²) in [5.41, 5.74) is 0.412. The molecule has 2 atom stereocenters. The van der Waals surface area contributed by atoms with Crippen LogP contribution in [0.25, 0.3) is 0 Å². The summed E-state index contributed by atoms with van der Waals surface area (Å²) in [7, 11) is 0. The summed E-state index contributed by atoms with van der Waals surface area (Å²) in [6.07, 6.45) is 3.39. The molecule has 0 saturated carbocycles. The number of urea groups is 1. The highest BCUT2D eigenvalue weighted by Gasteiger charge is 2.41. The standard InChI is InChI=1S/C18H25ClN2O4/c1-2-7-24-16-4-3-13(10-15(16)19)20-17(22)21-14-5-8-25-18(11-14)6-9-23-12-18/h3-4,10,14H,2,5-9,11-12H2,1H3,(H2,20,21,22)/t14-,18+/m0/s1. The van der Waals surface area contributed by atoms with E-state index in [4.69, 9.17) is 25.8 Å². The van der Waals surface area contributed by atoms with E-state index in [1.54, 1.807) is 18.2 Å². The molecule has 2 amide bonds. The lowest BCUT2D eigenvalue weighted by molar-refractivity contribution is -0.0877. The summed E-state index contributed by atoms with van der Waals surface area (Å²) >= 11 is 6.20. The van der Waals surface area contributed by atoms with Gasteiger partial charge in [0.2, 0.25) is 0 Å². The van der Waals surface area contributed by atoms with E-state index < -0.39 is 0 Å². The van der Waals surface area contributed by atoms with Gasteiger partial charge in [-0.1, -0.05) is 18.5 Å². The van der Waals surface area contributed by atoms with Crippen molar-refractivity contribution in [3.63, 3.8) is 0 Å². The van der Waals surface area contributed by atoms with E-state index in [0.29, 0.717) is 36.3 Å². The molecule has 2 fully saturated rings. The van der Waals surface area contributed by atoms with Crippen LogP contribution in [-0.2, 0) is 9.47 Å². The van der Waals surface area contributed by atoms with Crippen molar-refractivity contribution in [2.45, 2.75) is 44.2 Å². The highest BCUT2D eigenvalue weighted by atomic mass is 35.5. The Bertz CT molecular complexity index is 605. The third kappa shape index (κ3) is 4.77. The van der Waals surface area contributed by atoms with Gasteiger partial charge in [-0.25, -0.2) is 4.79 Å². The van der Waals surface area contributed by atoms with Crippen molar-refractivity contribution >= 4 is 23.3 Å². The number of amides is 2. The summed E-state index contributed by atoms with van der Waals surface area (Å²) in [4.78, 5) is 12.3. The maximum absolute atomic E-state index is 12.3. The molecule has 2 heterocycles. The summed E-state index contributed by atoms with van der Waals surface area (Å²) < 4.78 is 16.9. The lowest BCUT2D eigenvalue weighted by Crippen LogP contribution is -2.49. The molecule has 25 heavy (non-hydrogen) atoms. The van der Waals surface area contributed by atoms with Gasteiger partial charge in [-0.3, -0.25) is 0 Å². The van der Waals surface area contributed by atoms with Crippen molar-refractivity contribution in [3.8, 4) is 5.75 Å². The largest absolute Gasteiger partial charge is 0.492 e. The zero-order valence-electron chi connectivity index (χ0n) is 14.5. The first-order chi connectivity index (χ1) is 12.1. The van der Waals surface area contributed by atoms with Gasteiger partial charge in [0.05, 0.1) is 23.8 Å². The topological polar surface area (TPSA) is 68.8 Å². The van der Waals surface area contributed by atoms with Crippen LogP contribution in [0.5, 0.6) is 5.75 Å². The molecule has 1 aromatic rings. The monoisotopic (exact) mass is 368 g/mol. The minimum atomic E-state index is -0.237. The number of nitrogens with one attached hydrogen (secondary N) is 2. The third-order valence-corrected chi connectivity index (χ3v) is 4.84. The first-order valence-corrected chi connectivity index (χ1v) is 9.19. The number of ether oxygens (including phenoxy) is 3. The van der Waals surface area contributed by atoms with Gasteiger partial charge in [0, 0.05) is 31.4 Å². The van der Waals surface area contributed by atoms with E-state index in [2.05, 4.69) is 10.6 Å². The van der Waals surface area contributed by atoms with Gasteiger partial charge in [0.1, 0.15) is 5.75 Å². The Morgan fingerprint density at radius 1 is 1.44 bits per heavy atom. The Morgan fingerprint density at radius 3 is 3.04 bits per heavy atom. The Labute approximate surface area is 153 Å². The van der Waals surface area contributed by atoms with E-state index >= 15 is 0 Å². The van der Waals surface area contributed by atoms with Crippen molar-refractivity contribution in [2.75, 3.05) is 31.7 Å². The summed E-state index contributed by atoms with van der Waals surface area (Å²) in [6, 6.07) is 5.10. The van der Waals surface area contributed by atoms with E-state index in [1.165, 1.54) is 0 Å². The minimum Gasteiger partial charge on any atom is -0.492 e. The fraction of sp³-hybridized carbons (Fsp3) is 0.611. The van der Waals surface area contributed by atoms with Gasteiger partial charge in [-0.15, -0.1) is 0 Å². The lowest BCUT2D eigenvalue weighted by atomic mass is 9.90. The Balaban J connectivity index is 1.53. The number of hydrogen-bond acceptors (Lipinski definition) is 4. The fourth-order valence-corrected chi connectivity index (χ4v) is 3.51. The molecule has 138 valence electrons. The van der Waals surface area contributed by atoms with Crippen LogP contribution in [0.4, 0.5) is 10.5 Å². The maximum atomic E-state index is 12.3. The van der Waals surface area contributed by atoms with Crippen LogP contribution in [0, 0.1) is 0 Å². The Hall–Kier alpha value is -1.50. The number of halogens is 1. The van der Waals surface area contributed by atoms with Gasteiger partial charge < -0.3 is 24.8 Å². The smallest absolute Gasteiger partial charge is 0.319 e. The van der Waals surface area contributed by atoms with Crippen LogP contribution >= 0.6 is 11.6 Å². The molecule has 2 aliphatic rings. The first-order valence-electron chi connectivity index (χ1n) is 8.82. The number of anilines is 1. The Kier molecular flexibility index (Phi) is 6.04. The first kappa shape index (κ1) is 18.3. The summed E-state index contributed by atoms with van der Waals surface area (Å²) in [5.74, 6) is 0.627. The highest BCUT2D eigenvalue weighted by Crippen LogP contribution is 2.33. The molecule has 3 rings (SSSR count). The van der Waals surface area contributed by atoms with E-state index in [1.807, 2.05) is 6.92 Å². The number of hydrogen-bond donors (Lipinski definition) is 2. The van der Waals surface area contributed by atoms with Crippen LogP contribution < -0.4 is 15.4 Å². The van der Waals surface area contributed by atoms with Crippen LogP contribution in [0.1, 0.15) is 32.6 Å². The molecule has 0 aliphatic carbocycles. The highest BCUT2D eigenvalue weighted by molar-refractivity contribution is 6.32.